The number of benzene rings is 1. The number of furan rings is 1. The highest BCUT2D eigenvalue weighted by molar-refractivity contribution is 7.22. The molecule has 8 nitrogen and oxygen atoms in total. The Morgan fingerprint density at radius 3 is 2.59 bits per heavy atom. The SMILES string of the molecule is CN(C)CCCN(C(=O)c1ccc([N+](=O)[O-])o1)c1nc2ccccc2s1.Cl. The Labute approximate surface area is 166 Å². The Morgan fingerprint density at radius 1 is 1.22 bits per heavy atom. The molecule has 0 bridgehead atoms. The molecule has 1 amide bonds. The number of nitrogens with zero attached hydrogens (tertiary/aromatic N) is 4. The average molecular weight is 411 g/mol. The minimum atomic E-state index is -0.662. The summed E-state index contributed by atoms with van der Waals surface area (Å²) < 4.78 is 6.06. The summed E-state index contributed by atoms with van der Waals surface area (Å²) in [6.07, 6.45) is 0.734. The van der Waals surface area contributed by atoms with Gasteiger partial charge in [0.25, 0.3) is 5.91 Å². The van der Waals surface area contributed by atoms with Crippen LogP contribution >= 0.6 is 23.7 Å². The van der Waals surface area contributed by atoms with Gasteiger partial charge in [-0.3, -0.25) is 19.8 Å². The van der Waals surface area contributed by atoms with Gasteiger partial charge in [0.15, 0.2) is 10.9 Å². The molecule has 0 N–H and O–H groups in total. The summed E-state index contributed by atoms with van der Waals surface area (Å²) in [7, 11) is 3.92. The highest BCUT2D eigenvalue weighted by Crippen LogP contribution is 2.30. The van der Waals surface area contributed by atoms with Gasteiger partial charge in [-0.05, 0) is 45.3 Å². The van der Waals surface area contributed by atoms with Crippen molar-refractivity contribution >= 4 is 50.9 Å². The van der Waals surface area contributed by atoms with E-state index in [1.807, 2.05) is 43.3 Å². The van der Waals surface area contributed by atoms with E-state index >= 15 is 0 Å². The number of para-hydroxylation sites is 1. The zero-order valence-electron chi connectivity index (χ0n) is 14.8. The van der Waals surface area contributed by atoms with E-state index in [4.69, 9.17) is 4.42 Å². The van der Waals surface area contributed by atoms with Gasteiger partial charge in [-0.15, -0.1) is 12.4 Å². The first kappa shape index (κ1) is 20.8. The van der Waals surface area contributed by atoms with Crippen LogP contribution in [0.15, 0.2) is 40.8 Å². The first-order valence-corrected chi connectivity index (χ1v) is 8.84. The second-order valence-electron chi connectivity index (χ2n) is 5.97. The molecule has 27 heavy (non-hydrogen) atoms. The Kier molecular flexibility index (Phi) is 6.89. The van der Waals surface area contributed by atoms with E-state index < -0.39 is 16.7 Å². The first-order chi connectivity index (χ1) is 12.5. The van der Waals surface area contributed by atoms with E-state index in [2.05, 4.69) is 4.98 Å². The lowest BCUT2D eigenvalue weighted by molar-refractivity contribution is -0.402. The summed E-state index contributed by atoms with van der Waals surface area (Å²) in [5.74, 6) is -0.956. The van der Waals surface area contributed by atoms with Crippen molar-refractivity contribution in [3.63, 3.8) is 0 Å². The first-order valence-electron chi connectivity index (χ1n) is 8.02. The summed E-state index contributed by atoms with van der Waals surface area (Å²) in [4.78, 5) is 31.1. The molecular formula is C17H19ClN4O4S. The number of anilines is 1. The normalized spacial score (nSPS) is 10.8. The number of fused-ring (bicyclic) bond motifs is 1. The number of carbonyl (C=O) groups is 1. The van der Waals surface area contributed by atoms with Gasteiger partial charge >= 0.3 is 5.88 Å². The van der Waals surface area contributed by atoms with Crippen LogP contribution in [0, 0.1) is 10.1 Å². The number of rotatable bonds is 7. The summed E-state index contributed by atoms with van der Waals surface area (Å²) in [6, 6.07) is 10.1. The van der Waals surface area contributed by atoms with Crippen LogP contribution in [0.3, 0.4) is 0 Å². The van der Waals surface area contributed by atoms with Crippen LogP contribution in [0.1, 0.15) is 17.0 Å². The van der Waals surface area contributed by atoms with Crippen LogP contribution in [0.2, 0.25) is 0 Å². The van der Waals surface area contributed by atoms with Crippen molar-refractivity contribution in [3.05, 3.63) is 52.3 Å². The molecule has 2 heterocycles. The molecule has 0 aliphatic heterocycles. The van der Waals surface area contributed by atoms with Crippen LogP contribution in [0.5, 0.6) is 0 Å². The molecule has 1 aromatic carbocycles. The van der Waals surface area contributed by atoms with Crippen LogP contribution in [0.4, 0.5) is 11.0 Å². The minimum absolute atomic E-state index is 0. The molecule has 0 aliphatic rings. The molecule has 0 saturated heterocycles. The van der Waals surface area contributed by atoms with E-state index in [-0.39, 0.29) is 18.2 Å². The Bertz CT molecular complexity index is 907. The van der Waals surface area contributed by atoms with E-state index in [1.54, 1.807) is 0 Å². The van der Waals surface area contributed by atoms with E-state index in [1.165, 1.54) is 28.4 Å². The number of halogens is 1. The molecule has 2 aromatic heterocycles. The lowest BCUT2D eigenvalue weighted by atomic mass is 10.3. The largest absolute Gasteiger partial charge is 0.433 e. The molecule has 3 rings (SSSR count). The summed E-state index contributed by atoms with van der Waals surface area (Å²) in [5.41, 5.74) is 0.809. The second kappa shape index (κ2) is 8.94. The molecule has 0 radical (unpaired) electrons. The quantitative estimate of drug-likeness (QED) is 0.434. The smallest absolute Gasteiger partial charge is 0.395 e. The summed E-state index contributed by atoms with van der Waals surface area (Å²) in [6.45, 7) is 1.23. The van der Waals surface area contributed by atoms with Crippen molar-refractivity contribution in [1.82, 2.24) is 9.88 Å². The van der Waals surface area contributed by atoms with Crippen molar-refractivity contribution in [1.29, 1.82) is 0 Å². The fourth-order valence-electron chi connectivity index (χ4n) is 2.48. The number of hydrogen-bond donors (Lipinski definition) is 0. The monoisotopic (exact) mass is 410 g/mol. The lowest BCUT2D eigenvalue weighted by Gasteiger charge is -2.19. The summed E-state index contributed by atoms with van der Waals surface area (Å²) in [5, 5.41) is 11.4. The molecular weight excluding hydrogens is 392 g/mol. The molecule has 0 saturated carbocycles. The Balaban J connectivity index is 0.00000261. The number of nitro groups is 1. The van der Waals surface area contributed by atoms with E-state index in [0.29, 0.717) is 11.7 Å². The Morgan fingerprint density at radius 2 is 1.96 bits per heavy atom. The van der Waals surface area contributed by atoms with Gasteiger partial charge in [0.2, 0.25) is 0 Å². The molecule has 0 spiro atoms. The highest BCUT2D eigenvalue weighted by atomic mass is 35.5. The average Bonchev–Trinajstić information content (AvgIpc) is 3.24. The fourth-order valence-corrected chi connectivity index (χ4v) is 3.47. The van der Waals surface area contributed by atoms with Crippen molar-refractivity contribution in [3.8, 4) is 0 Å². The molecule has 0 fully saturated rings. The van der Waals surface area contributed by atoms with Crippen LogP contribution < -0.4 is 4.90 Å². The maximum absolute atomic E-state index is 12.9. The predicted molar refractivity (Wildman–Crippen MR) is 107 cm³/mol. The fraction of sp³-hybridized carbons (Fsp3) is 0.294. The van der Waals surface area contributed by atoms with Gasteiger partial charge in [-0.1, -0.05) is 23.5 Å². The van der Waals surface area contributed by atoms with Crippen molar-refractivity contribution < 1.29 is 14.1 Å². The van der Waals surface area contributed by atoms with Gasteiger partial charge in [0.1, 0.15) is 4.92 Å². The van der Waals surface area contributed by atoms with Crippen LogP contribution in [-0.2, 0) is 0 Å². The maximum atomic E-state index is 12.9. The van der Waals surface area contributed by atoms with Crippen molar-refractivity contribution in [2.75, 3.05) is 32.1 Å². The lowest BCUT2D eigenvalue weighted by Crippen LogP contribution is -2.33. The third-order valence-electron chi connectivity index (χ3n) is 3.73. The highest BCUT2D eigenvalue weighted by Gasteiger charge is 2.25. The standard InChI is InChI=1S/C17H18N4O4S.ClH/c1-19(2)10-5-11-20(16(22)13-8-9-15(25-13)21(23)24)17-18-12-6-3-4-7-14(12)26-17;/h3-4,6-9H,5,10-11H2,1-2H3;1H. The molecule has 10 heteroatoms. The third kappa shape index (κ3) is 4.82. The van der Waals surface area contributed by atoms with Crippen molar-refractivity contribution in [2.24, 2.45) is 0 Å². The number of carbonyl (C=O) groups excluding carboxylic acids is 1. The number of aromatic nitrogens is 1. The topological polar surface area (TPSA) is 92.7 Å². The van der Waals surface area contributed by atoms with E-state index in [9.17, 15) is 14.9 Å². The maximum Gasteiger partial charge on any atom is 0.433 e. The van der Waals surface area contributed by atoms with E-state index in [0.717, 1.165) is 23.2 Å². The third-order valence-corrected chi connectivity index (χ3v) is 4.79. The van der Waals surface area contributed by atoms with Crippen LogP contribution in [0.25, 0.3) is 10.2 Å². The molecule has 0 atom stereocenters. The second-order valence-corrected chi connectivity index (χ2v) is 6.98. The van der Waals surface area contributed by atoms with Crippen molar-refractivity contribution in [2.45, 2.75) is 6.42 Å². The summed E-state index contributed by atoms with van der Waals surface area (Å²) >= 11 is 1.41. The molecule has 0 unspecified atom stereocenters. The van der Waals surface area contributed by atoms with Gasteiger partial charge in [0.05, 0.1) is 16.3 Å². The number of amides is 1. The minimum Gasteiger partial charge on any atom is -0.395 e. The zero-order valence-corrected chi connectivity index (χ0v) is 16.5. The number of thiazole rings is 1. The van der Waals surface area contributed by atoms with Gasteiger partial charge < -0.3 is 9.32 Å². The predicted octanol–water partition coefficient (Wildman–Crippen LogP) is 3.82. The molecule has 0 aliphatic carbocycles. The number of hydrogen-bond acceptors (Lipinski definition) is 7. The van der Waals surface area contributed by atoms with Crippen LogP contribution in [-0.4, -0.2) is 47.9 Å². The zero-order chi connectivity index (χ0) is 18.7. The van der Waals surface area contributed by atoms with Gasteiger partial charge in [0, 0.05) is 6.54 Å². The molecule has 3 aromatic rings. The van der Waals surface area contributed by atoms with Gasteiger partial charge in [-0.2, -0.15) is 0 Å². The molecule has 144 valence electrons. The van der Waals surface area contributed by atoms with Gasteiger partial charge in [-0.25, -0.2) is 4.98 Å². The Hall–Kier alpha value is -2.49.